The van der Waals surface area contributed by atoms with Gasteiger partial charge in [0.25, 0.3) is 5.92 Å². The van der Waals surface area contributed by atoms with Gasteiger partial charge in [-0.2, -0.15) is 0 Å². The summed E-state index contributed by atoms with van der Waals surface area (Å²) in [4.78, 5) is 22.3. The smallest absolute Gasteiger partial charge is 0.258 e. The number of sulfone groups is 1. The Morgan fingerprint density at radius 2 is 1.90 bits per heavy atom. The molecule has 8 nitrogen and oxygen atoms in total. The van der Waals surface area contributed by atoms with E-state index in [1.54, 1.807) is 18.2 Å². The Balaban J connectivity index is 1.44. The third kappa shape index (κ3) is 5.06. The number of rotatable bonds is 8. The van der Waals surface area contributed by atoms with Crippen molar-refractivity contribution in [3.63, 3.8) is 0 Å². The van der Waals surface area contributed by atoms with Crippen LogP contribution in [0.4, 0.5) is 20.2 Å². The van der Waals surface area contributed by atoms with E-state index in [0.717, 1.165) is 44.1 Å². The third-order valence-electron chi connectivity index (χ3n) is 8.14. The molecule has 3 aromatic rings. The highest BCUT2D eigenvalue weighted by atomic mass is 32.2. The second-order valence-corrected chi connectivity index (χ2v) is 13.1. The number of nitrogens with one attached hydrogen (secondary N) is 1. The summed E-state index contributed by atoms with van der Waals surface area (Å²) < 4.78 is 60.7. The number of carbonyl (C=O) groups is 1. The van der Waals surface area contributed by atoms with Crippen LogP contribution in [-0.4, -0.2) is 47.5 Å². The highest BCUT2D eigenvalue weighted by molar-refractivity contribution is 7.90. The van der Waals surface area contributed by atoms with Crippen molar-refractivity contribution >= 4 is 38.2 Å². The van der Waals surface area contributed by atoms with Crippen molar-refractivity contribution in [3.8, 4) is 0 Å². The maximum absolute atomic E-state index is 13.6. The van der Waals surface area contributed by atoms with E-state index >= 15 is 0 Å². The largest absolute Gasteiger partial charge is 0.358 e. The maximum atomic E-state index is 13.6. The fourth-order valence-electron chi connectivity index (χ4n) is 5.64. The summed E-state index contributed by atoms with van der Waals surface area (Å²) in [5.41, 5.74) is 3.14. The molecule has 3 fully saturated rings. The van der Waals surface area contributed by atoms with Gasteiger partial charge in [0, 0.05) is 25.7 Å². The normalized spacial score (nSPS) is 23.0. The minimum absolute atomic E-state index is 0.180. The minimum Gasteiger partial charge on any atom is -0.358 e. The molecular weight excluding hydrogens is 526 g/mol. The lowest BCUT2D eigenvalue weighted by Gasteiger charge is -2.26. The molecule has 1 saturated heterocycles. The SMILES string of the molecule is Cc1nc2c(Nc3ccc(C4CCC4)cc3S(C)(=O)=O)cc(CC(=O)C3CC3(F)F)nc2n1C1CCCCO1. The molecule has 2 saturated carbocycles. The van der Waals surface area contributed by atoms with Gasteiger partial charge in [-0.25, -0.2) is 27.2 Å². The zero-order valence-electron chi connectivity index (χ0n) is 22.0. The summed E-state index contributed by atoms with van der Waals surface area (Å²) in [6, 6.07) is 7.06. The average Bonchev–Trinajstić information content (AvgIpc) is 3.35. The van der Waals surface area contributed by atoms with Crippen LogP contribution in [0.2, 0.25) is 0 Å². The number of anilines is 2. The molecular formula is C28H32F2N4O4S. The Morgan fingerprint density at radius 1 is 1.13 bits per heavy atom. The Morgan fingerprint density at radius 3 is 2.51 bits per heavy atom. The Labute approximate surface area is 226 Å². The van der Waals surface area contributed by atoms with Gasteiger partial charge in [-0.05, 0) is 68.7 Å². The van der Waals surface area contributed by atoms with Gasteiger partial charge in [0.1, 0.15) is 23.4 Å². The van der Waals surface area contributed by atoms with E-state index in [1.165, 1.54) is 6.26 Å². The first-order valence-electron chi connectivity index (χ1n) is 13.5. The molecule has 39 heavy (non-hydrogen) atoms. The fraction of sp³-hybridized carbons (Fsp3) is 0.536. The summed E-state index contributed by atoms with van der Waals surface area (Å²) in [6.45, 7) is 2.45. The Hall–Kier alpha value is -2.92. The van der Waals surface area contributed by atoms with E-state index in [9.17, 15) is 22.0 Å². The Kier molecular flexibility index (Phi) is 6.49. The number of ketones is 1. The number of nitrogens with zero attached hydrogens (tertiary/aromatic N) is 3. The van der Waals surface area contributed by atoms with Crippen LogP contribution in [0.15, 0.2) is 29.2 Å². The second kappa shape index (κ2) is 9.62. The molecule has 1 aromatic carbocycles. The number of hydrogen-bond donors (Lipinski definition) is 1. The van der Waals surface area contributed by atoms with Crippen LogP contribution in [0.5, 0.6) is 0 Å². The standard InChI is InChI=1S/C28H32F2N4O4S/c1-16-31-26-22(33-21-10-9-18(17-6-5-7-17)12-24(21)39(2,36)37)13-19(14-23(35)20-15-28(20,29)30)32-27(26)34(16)25-8-3-4-11-38-25/h9-10,12-13,17,20,25H,3-8,11,14-15H2,1-2H3,(H,32,33). The molecule has 2 unspecified atom stereocenters. The number of halogens is 2. The van der Waals surface area contributed by atoms with Crippen LogP contribution in [0.25, 0.3) is 11.2 Å². The van der Waals surface area contributed by atoms with E-state index in [4.69, 9.17) is 14.7 Å². The monoisotopic (exact) mass is 558 g/mol. The molecule has 208 valence electrons. The molecule has 0 radical (unpaired) electrons. The number of alkyl halides is 2. The molecule has 3 heterocycles. The van der Waals surface area contributed by atoms with Crippen molar-refractivity contribution in [2.45, 2.75) is 81.3 Å². The summed E-state index contributed by atoms with van der Waals surface area (Å²) in [5.74, 6) is -3.78. The van der Waals surface area contributed by atoms with E-state index in [1.807, 2.05) is 17.6 Å². The number of aromatic nitrogens is 3. The molecule has 0 amide bonds. The average molecular weight is 559 g/mol. The van der Waals surface area contributed by atoms with Crippen molar-refractivity contribution in [3.05, 3.63) is 41.3 Å². The maximum Gasteiger partial charge on any atom is 0.258 e. The molecule has 2 aromatic heterocycles. The number of pyridine rings is 1. The van der Waals surface area contributed by atoms with Crippen molar-refractivity contribution in [1.82, 2.24) is 14.5 Å². The van der Waals surface area contributed by atoms with Crippen LogP contribution in [0.3, 0.4) is 0 Å². The highest BCUT2D eigenvalue weighted by Gasteiger charge is 2.60. The predicted octanol–water partition coefficient (Wildman–Crippen LogP) is 5.62. The van der Waals surface area contributed by atoms with Gasteiger partial charge < -0.3 is 10.1 Å². The van der Waals surface area contributed by atoms with E-state index in [-0.39, 0.29) is 17.5 Å². The van der Waals surface area contributed by atoms with Gasteiger partial charge in [-0.1, -0.05) is 12.5 Å². The molecule has 11 heteroatoms. The first kappa shape index (κ1) is 26.3. The van der Waals surface area contributed by atoms with Crippen LogP contribution >= 0.6 is 0 Å². The molecule has 6 rings (SSSR count). The lowest BCUT2D eigenvalue weighted by atomic mass is 9.80. The zero-order valence-corrected chi connectivity index (χ0v) is 22.9. The van der Waals surface area contributed by atoms with Gasteiger partial charge in [-0.15, -0.1) is 0 Å². The molecule has 2 atom stereocenters. The number of fused-ring (bicyclic) bond motifs is 1. The summed E-state index contributed by atoms with van der Waals surface area (Å²) >= 11 is 0. The van der Waals surface area contributed by atoms with Crippen molar-refractivity contribution in [1.29, 1.82) is 0 Å². The topological polar surface area (TPSA) is 103 Å². The summed E-state index contributed by atoms with van der Waals surface area (Å²) in [6.07, 6.45) is 6.14. The van der Waals surface area contributed by atoms with Crippen LogP contribution in [0, 0.1) is 12.8 Å². The van der Waals surface area contributed by atoms with Crippen LogP contribution < -0.4 is 5.32 Å². The first-order chi connectivity index (χ1) is 18.5. The number of ether oxygens (including phenoxy) is 1. The molecule has 1 aliphatic heterocycles. The quantitative estimate of drug-likeness (QED) is 0.383. The third-order valence-corrected chi connectivity index (χ3v) is 9.28. The first-order valence-corrected chi connectivity index (χ1v) is 15.4. The fourth-order valence-corrected chi connectivity index (χ4v) is 6.50. The van der Waals surface area contributed by atoms with Gasteiger partial charge in [-0.3, -0.25) is 9.36 Å². The van der Waals surface area contributed by atoms with Gasteiger partial charge in [0.2, 0.25) is 0 Å². The minimum atomic E-state index is -3.57. The second-order valence-electron chi connectivity index (χ2n) is 11.1. The lowest BCUT2D eigenvalue weighted by Crippen LogP contribution is -2.20. The van der Waals surface area contributed by atoms with Gasteiger partial charge in [0.05, 0.1) is 27.9 Å². The van der Waals surface area contributed by atoms with E-state index in [2.05, 4.69) is 5.32 Å². The van der Waals surface area contributed by atoms with Crippen LogP contribution in [0.1, 0.15) is 74.2 Å². The summed E-state index contributed by atoms with van der Waals surface area (Å²) in [5, 5.41) is 3.25. The number of Topliss-reactive ketones (excluding diaryl/α,β-unsaturated/α-hetero) is 1. The molecule has 3 aliphatic rings. The van der Waals surface area contributed by atoms with E-state index < -0.39 is 33.9 Å². The van der Waals surface area contributed by atoms with Gasteiger partial charge >= 0.3 is 0 Å². The molecule has 1 N–H and O–H groups in total. The zero-order chi connectivity index (χ0) is 27.5. The van der Waals surface area contributed by atoms with Crippen LogP contribution in [-0.2, 0) is 25.8 Å². The highest BCUT2D eigenvalue weighted by Crippen LogP contribution is 2.49. The predicted molar refractivity (Wildman–Crippen MR) is 142 cm³/mol. The lowest BCUT2D eigenvalue weighted by molar-refractivity contribution is -0.121. The Bertz CT molecular complexity index is 1560. The molecule has 2 aliphatic carbocycles. The summed E-state index contributed by atoms with van der Waals surface area (Å²) in [7, 11) is -3.57. The molecule has 0 spiro atoms. The van der Waals surface area contributed by atoms with E-state index in [0.29, 0.717) is 46.6 Å². The number of benzene rings is 1. The van der Waals surface area contributed by atoms with Crippen molar-refractivity contribution in [2.24, 2.45) is 5.92 Å². The number of imidazole rings is 1. The molecule has 0 bridgehead atoms. The van der Waals surface area contributed by atoms with Crippen molar-refractivity contribution in [2.75, 3.05) is 18.2 Å². The van der Waals surface area contributed by atoms with Gasteiger partial charge in [0.15, 0.2) is 15.5 Å². The number of carbonyl (C=O) groups excluding carboxylic acids is 1. The number of aryl methyl sites for hydroxylation is 1. The number of hydrogen-bond acceptors (Lipinski definition) is 7. The van der Waals surface area contributed by atoms with Crippen molar-refractivity contribution < 1.29 is 26.7 Å².